The molecule has 0 aromatic heterocycles. The first kappa shape index (κ1) is 14.7. The number of nitrogens with one attached hydrogen (secondary N) is 1. The zero-order chi connectivity index (χ0) is 13.1. The minimum atomic E-state index is -3.21. The van der Waals surface area contributed by atoms with Crippen LogP contribution in [-0.2, 0) is 10.0 Å². The van der Waals surface area contributed by atoms with Crippen molar-refractivity contribution < 1.29 is 13.5 Å². The molecule has 2 atom stereocenters. The quantitative estimate of drug-likeness (QED) is 0.733. The topological polar surface area (TPSA) is 66.4 Å². The lowest BCUT2D eigenvalue weighted by Gasteiger charge is -2.19. The number of sulfonamides is 1. The molecule has 0 heterocycles. The highest BCUT2D eigenvalue weighted by Crippen LogP contribution is 2.21. The first-order valence-corrected chi connectivity index (χ1v) is 7.66. The summed E-state index contributed by atoms with van der Waals surface area (Å²) in [6.45, 7) is 6.16. The molecule has 2 N–H and O–H groups in total. The molecule has 1 aliphatic carbocycles. The maximum atomic E-state index is 11.8. The third-order valence-electron chi connectivity index (χ3n) is 2.86. The number of hydrogen-bond acceptors (Lipinski definition) is 3. The van der Waals surface area contributed by atoms with E-state index in [1.807, 2.05) is 32.9 Å². The Morgan fingerprint density at radius 1 is 1.35 bits per heavy atom. The molecule has 5 heteroatoms. The molecule has 0 unspecified atom stereocenters. The summed E-state index contributed by atoms with van der Waals surface area (Å²) in [5.41, 5.74) is 0.0217. The van der Waals surface area contributed by atoms with E-state index in [2.05, 4.69) is 4.72 Å². The maximum absolute atomic E-state index is 11.8. The summed E-state index contributed by atoms with van der Waals surface area (Å²) in [7, 11) is -3.21. The normalized spacial score (nSPS) is 25.4. The van der Waals surface area contributed by atoms with Crippen molar-refractivity contribution in [3.8, 4) is 0 Å². The van der Waals surface area contributed by atoms with Gasteiger partial charge in [0.15, 0.2) is 0 Å². The number of aliphatic hydroxyl groups excluding tert-OH is 1. The summed E-state index contributed by atoms with van der Waals surface area (Å²) < 4.78 is 26.3. The van der Waals surface area contributed by atoms with Gasteiger partial charge in [-0.25, -0.2) is 13.1 Å². The Labute approximate surface area is 104 Å². The molecule has 1 aliphatic rings. The molecular formula is C12H23NO3S. The molecule has 0 spiro atoms. The molecular weight excluding hydrogens is 238 g/mol. The predicted octanol–water partition coefficient (Wildman–Crippen LogP) is 1.28. The molecule has 0 bridgehead atoms. The van der Waals surface area contributed by atoms with E-state index in [4.69, 9.17) is 5.11 Å². The Morgan fingerprint density at radius 3 is 2.47 bits per heavy atom. The molecule has 0 amide bonds. The van der Waals surface area contributed by atoms with Crippen molar-refractivity contribution in [2.45, 2.75) is 39.7 Å². The standard InChI is InChI=1S/C12H23NO3S/c1-12(2,3)6-7-17(15,16)13-11-5-4-10(8-11)9-14/h4-5,10-11,13-14H,6-9H2,1-3H3/t10-,11+/m0/s1. The van der Waals surface area contributed by atoms with Crippen molar-refractivity contribution >= 4 is 10.0 Å². The van der Waals surface area contributed by atoms with Crippen LogP contribution >= 0.6 is 0 Å². The Morgan fingerprint density at radius 2 is 2.00 bits per heavy atom. The third kappa shape index (κ3) is 5.66. The second-order valence-electron chi connectivity index (χ2n) is 5.92. The van der Waals surface area contributed by atoms with Crippen molar-refractivity contribution in [1.29, 1.82) is 0 Å². The zero-order valence-electron chi connectivity index (χ0n) is 10.8. The van der Waals surface area contributed by atoms with Crippen LogP contribution in [0.25, 0.3) is 0 Å². The van der Waals surface area contributed by atoms with Gasteiger partial charge in [0.05, 0.1) is 5.75 Å². The van der Waals surface area contributed by atoms with Crippen LogP contribution in [0.3, 0.4) is 0 Å². The maximum Gasteiger partial charge on any atom is 0.212 e. The van der Waals surface area contributed by atoms with Gasteiger partial charge in [-0.05, 0) is 18.3 Å². The fraction of sp³-hybridized carbons (Fsp3) is 0.833. The van der Waals surface area contributed by atoms with Crippen LogP contribution in [0, 0.1) is 11.3 Å². The molecule has 0 aromatic rings. The molecule has 100 valence electrons. The van der Waals surface area contributed by atoms with Crippen LogP contribution in [0.15, 0.2) is 12.2 Å². The summed E-state index contributed by atoms with van der Waals surface area (Å²) in [5.74, 6) is 0.246. The predicted molar refractivity (Wildman–Crippen MR) is 69.1 cm³/mol. The highest BCUT2D eigenvalue weighted by molar-refractivity contribution is 7.89. The molecule has 0 saturated heterocycles. The van der Waals surface area contributed by atoms with E-state index in [9.17, 15) is 8.42 Å². The first-order valence-electron chi connectivity index (χ1n) is 6.01. The Bertz CT molecular complexity index is 368. The lowest BCUT2D eigenvalue weighted by Crippen LogP contribution is -2.35. The average molecular weight is 261 g/mol. The monoisotopic (exact) mass is 261 g/mol. The van der Waals surface area contributed by atoms with Gasteiger partial charge in [0.25, 0.3) is 0 Å². The van der Waals surface area contributed by atoms with Crippen LogP contribution in [0.4, 0.5) is 0 Å². The smallest absolute Gasteiger partial charge is 0.212 e. The van der Waals surface area contributed by atoms with Gasteiger partial charge in [-0.15, -0.1) is 0 Å². The van der Waals surface area contributed by atoms with Gasteiger partial charge in [0, 0.05) is 18.6 Å². The van der Waals surface area contributed by atoms with Crippen molar-refractivity contribution in [2.24, 2.45) is 11.3 Å². The summed E-state index contributed by atoms with van der Waals surface area (Å²) in [4.78, 5) is 0. The van der Waals surface area contributed by atoms with E-state index in [1.165, 1.54) is 0 Å². The van der Waals surface area contributed by atoms with Gasteiger partial charge in [0.1, 0.15) is 0 Å². The number of hydrogen-bond donors (Lipinski definition) is 2. The van der Waals surface area contributed by atoms with E-state index in [0.717, 1.165) is 0 Å². The summed E-state index contributed by atoms with van der Waals surface area (Å²) in [5, 5.41) is 8.96. The van der Waals surface area contributed by atoms with Crippen molar-refractivity contribution in [2.75, 3.05) is 12.4 Å². The zero-order valence-corrected chi connectivity index (χ0v) is 11.6. The lowest BCUT2D eigenvalue weighted by molar-refractivity contribution is 0.248. The number of aliphatic hydroxyl groups is 1. The summed E-state index contributed by atoms with van der Waals surface area (Å²) in [6, 6.07) is -0.155. The highest BCUT2D eigenvalue weighted by Gasteiger charge is 2.24. The van der Waals surface area contributed by atoms with E-state index in [1.54, 1.807) is 0 Å². The third-order valence-corrected chi connectivity index (χ3v) is 4.26. The summed E-state index contributed by atoms with van der Waals surface area (Å²) in [6.07, 6.45) is 5.00. The van der Waals surface area contributed by atoms with E-state index in [0.29, 0.717) is 12.8 Å². The van der Waals surface area contributed by atoms with Crippen LogP contribution in [0.2, 0.25) is 0 Å². The Kier molecular flexibility index (Phi) is 4.75. The van der Waals surface area contributed by atoms with E-state index in [-0.39, 0.29) is 29.7 Å². The fourth-order valence-corrected chi connectivity index (χ4v) is 3.36. The van der Waals surface area contributed by atoms with E-state index < -0.39 is 10.0 Å². The first-order chi connectivity index (χ1) is 7.72. The highest BCUT2D eigenvalue weighted by atomic mass is 32.2. The van der Waals surface area contributed by atoms with E-state index >= 15 is 0 Å². The van der Waals surface area contributed by atoms with Gasteiger partial charge >= 0.3 is 0 Å². The minimum absolute atomic E-state index is 0.0217. The van der Waals surface area contributed by atoms with Crippen molar-refractivity contribution in [3.05, 3.63) is 12.2 Å². The molecule has 17 heavy (non-hydrogen) atoms. The largest absolute Gasteiger partial charge is 0.396 e. The van der Waals surface area contributed by atoms with Crippen molar-refractivity contribution in [3.63, 3.8) is 0 Å². The Balaban J connectivity index is 2.43. The van der Waals surface area contributed by atoms with Crippen LogP contribution in [0.1, 0.15) is 33.6 Å². The molecule has 0 aromatic carbocycles. The molecule has 0 aliphatic heterocycles. The van der Waals surface area contributed by atoms with Crippen LogP contribution < -0.4 is 4.72 Å². The number of rotatable bonds is 5. The Hall–Kier alpha value is -0.390. The lowest BCUT2D eigenvalue weighted by atomic mass is 9.94. The van der Waals surface area contributed by atoms with Gasteiger partial charge in [0.2, 0.25) is 10.0 Å². The molecule has 4 nitrogen and oxygen atoms in total. The van der Waals surface area contributed by atoms with Gasteiger partial charge in [-0.1, -0.05) is 32.9 Å². The molecule has 0 radical (unpaired) electrons. The van der Waals surface area contributed by atoms with Crippen LogP contribution in [-0.4, -0.2) is 31.9 Å². The van der Waals surface area contributed by atoms with Crippen LogP contribution in [0.5, 0.6) is 0 Å². The van der Waals surface area contributed by atoms with Gasteiger partial charge < -0.3 is 5.11 Å². The fourth-order valence-electron chi connectivity index (χ4n) is 1.73. The van der Waals surface area contributed by atoms with Gasteiger partial charge in [-0.3, -0.25) is 0 Å². The second kappa shape index (κ2) is 5.50. The SMILES string of the molecule is CC(C)(C)CCS(=O)(=O)N[C@@H]1C=C[C@H](CO)C1. The minimum Gasteiger partial charge on any atom is -0.396 e. The average Bonchev–Trinajstić information content (AvgIpc) is 2.61. The summed E-state index contributed by atoms with van der Waals surface area (Å²) >= 11 is 0. The molecule has 0 fully saturated rings. The second-order valence-corrected chi connectivity index (χ2v) is 7.79. The van der Waals surface area contributed by atoms with Gasteiger partial charge in [-0.2, -0.15) is 0 Å². The molecule has 1 rings (SSSR count). The van der Waals surface area contributed by atoms with Crippen molar-refractivity contribution in [1.82, 2.24) is 4.72 Å². The molecule has 0 saturated carbocycles.